The first-order chi connectivity index (χ1) is 22.3. The highest BCUT2D eigenvalue weighted by molar-refractivity contribution is 6.31. The highest BCUT2D eigenvalue weighted by Crippen LogP contribution is 2.62. The summed E-state index contributed by atoms with van der Waals surface area (Å²) in [5.41, 5.74) is -0.883. The van der Waals surface area contributed by atoms with Gasteiger partial charge in [-0.3, -0.25) is 14.5 Å². The molecular formula is C33H27Cl2F4N3O5. The lowest BCUT2D eigenvalue weighted by Crippen LogP contribution is -2.54. The number of likely N-dealkylation sites (tertiary alicyclic amines) is 1. The van der Waals surface area contributed by atoms with Gasteiger partial charge in [0.25, 0.3) is 0 Å². The third kappa shape index (κ3) is 5.12. The Labute approximate surface area is 276 Å². The molecule has 4 aliphatic rings. The minimum atomic E-state index is -5.14. The number of ether oxygens (including phenoxy) is 2. The third-order valence-corrected chi connectivity index (χ3v) is 9.98. The van der Waals surface area contributed by atoms with Gasteiger partial charge in [0.15, 0.2) is 0 Å². The van der Waals surface area contributed by atoms with Crippen LogP contribution in [0.5, 0.6) is 5.75 Å². The molecule has 2 amide bonds. The van der Waals surface area contributed by atoms with E-state index in [1.54, 1.807) is 24.3 Å². The number of anilines is 2. The minimum Gasteiger partial charge on any atom is -0.462 e. The smallest absolute Gasteiger partial charge is 0.462 e. The maximum absolute atomic E-state index is 16.1. The molecule has 3 heterocycles. The van der Waals surface area contributed by atoms with Gasteiger partial charge in [0, 0.05) is 53.1 Å². The van der Waals surface area contributed by atoms with E-state index in [-0.39, 0.29) is 35.3 Å². The van der Waals surface area contributed by atoms with E-state index in [0.29, 0.717) is 22.8 Å². The van der Waals surface area contributed by atoms with Crippen molar-refractivity contribution >= 4 is 52.4 Å². The van der Waals surface area contributed by atoms with Crippen LogP contribution < -0.4 is 15.0 Å². The molecule has 0 radical (unpaired) electrons. The molecule has 1 unspecified atom stereocenters. The summed E-state index contributed by atoms with van der Waals surface area (Å²) in [5.74, 6) is -5.46. The molecule has 246 valence electrons. The van der Waals surface area contributed by atoms with Crippen molar-refractivity contribution in [3.8, 4) is 5.75 Å². The number of rotatable bonds is 7. The minimum absolute atomic E-state index is 0.0307. The van der Waals surface area contributed by atoms with Crippen LogP contribution in [0.3, 0.4) is 0 Å². The quantitative estimate of drug-likeness (QED) is 0.214. The van der Waals surface area contributed by atoms with Gasteiger partial charge in [-0.1, -0.05) is 41.4 Å². The van der Waals surface area contributed by atoms with Crippen molar-refractivity contribution in [3.63, 3.8) is 0 Å². The fraction of sp³-hybridized carbons (Fsp3) is 0.364. The lowest BCUT2D eigenvalue weighted by Gasteiger charge is -2.41. The lowest BCUT2D eigenvalue weighted by atomic mass is 9.71. The van der Waals surface area contributed by atoms with Crippen molar-refractivity contribution in [2.75, 3.05) is 29.9 Å². The molecule has 3 fully saturated rings. The number of hydrogen-bond donors (Lipinski definition) is 1. The average Bonchev–Trinajstić information content (AvgIpc) is 3.62. The first-order valence-electron chi connectivity index (χ1n) is 15.1. The SMILES string of the molecule is CCOC(=O)c1ccc(N2C[C@H]3C(C2=O)[C@H](c2cccc(Cl)c2F)[C@]2(C(=O)Nc4cc(Cl)ccc42)N3CC2CC2)cc1OC(F)(F)F. The average molecular weight is 692 g/mol. The summed E-state index contributed by atoms with van der Waals surface area (Å²) < 4.78 is 65.5. The Morgan fingerprint density at radius 2 is 1.85 bits per heavy atom. The molecule has 47 heavy (non-hydrogen) atoms. The molecule has 1 spiro atoms. The molecule has 0 aromatic heterocycles. The van der Waals surface area contributed by atoms with Crippen molar-refractivity contribution < 1.29 is 41.4 Å². The molecular weight excluding hydrogens is 665 g/mol. The summed E-state index contributed by atoms with van der Waals surface area (Å²) in [5, 5.41) is 3.11. The number of benzene rings is 3. The summed E-state index contributed by atoms with van der Waals surface area (Å²) >= 11 is 12.6. The predicted octanol–water partition coefficient (Wildman–Crippen LogP) is 6.90. The van der Waals surface area contributed by atoms with Crippen molar-refractivity contribution in [2.45, 2.75) is 43.6 Å². The molecule has 3 aromatic carbocycles. The van der Waals surface area contributed by atoms with Crippen LogP contribution >= 0.6 is 23.2 Å². The Morgan fingerprint density at radius 1 is 1.09 bits per heavy atom. The number of fused-ring (bicyclic) bond motifs is 3. The Bertz CT molecular complexity index is 1820. The molecule has 3 aromatic rings. The summed E-state index contributed by atoms with van der Waals surface area (Å²) in [6.45, 7) is 1.82. The standard InChI is InChI=1S/C33H27Cl2F4N3O5/c1-2-46-30(44)19-10-9-18(13-25(19)47-33(37,38)39)41-15-24-26(29(41)43)27(20-4-3-5-22(35)28(20)36)32(42(24)14-16-6-7-16)21-11-8-17(34)12-23(21)40-31(32)45/h3-5,8-13,16,24,26-27H,2,6-7,14-15H2,1H3,(H,40,45)/t24-,26?,27-,32+/m0/s1. The van der Waals surface area contributed by atoms with Crippen LogP contribution in [0.15, 0.2) is 54.6 Å². The van der Waals surface area contributed by atoms with Gasteiger partial charge in [0.05, 0.1) is 17.5 Å². The maximum atomic E-state index is 16.1. The van der Waals surface area contributed by atoms with Gasteiger partial charge in [-0.2, -0.15) is 0 Å². The zero-order chi connectivity index (χ0) is 33.4. The number of carbonyl (C=O) groups is 3. The van der Waals surface area contributed by atoms with E-state index >= 15 is 4.39 Å². The number of nitrogens with zero attached hydrogens (tertiary/aromatic N) is 2. The van der Waals surface area contributed by atoms with Crippen LogP contribution in [0.2, 0.25) is 10.0 Å². The first kappa shape index (κ1) is 31.7. The number of carbonyl (C=O) groups excluding carboxylic acids is 3. The molecule has 3 aliphatic heterocycles. The normalized spacial score (nSPS) is 25.3. The summed E-state index contributed by atoms with van der Waals surface area (Å²) in [7, 11) is 0. The van der Waals surface area contributed by atoms with Crippen molar-refractivity contribution in [1.29, 1.82) is 0 Å². The topological polar surface area (TPSA) is 88.2 Å². The highest BCUT2D eigenvalue weighted by Gasteiger charge is 2.71. The van der Waals surface area contributed by atoms with E-state index in [1.807, 2.05) is 4.90 Å². The fourth-order valence-corrected chi connectivity index (χ4v) is 7.87. The van der Waals surface area contributed by atoms with Crippen LogP contribution in [-0.4, -0.2) is 54.8 Å². The van der Waals surface area contributed by atoms with Gasteiger partial charge in [-0.05, 0) is 61.6 Å². The van der Waals surface area contributed by atoms with Crippen LogP contribution in [0.4, 0.5) is 28.9 Å². The van der Waals surface area contributed by atoms with Gasteiger partial charge < -0.3 is 19.7 Å². The van der Waals surface area contributed by atoms with Crippen LogP contribution in [0, 0.1) is 17.7 Å². The summed E-state index contributed by atoms with van der Waals surface area (Å²) in [4.78, 5) is 44.6. The Hall–Kier alpha value is -3.87. The molecule has 2 saturated heterocycles. The number of alkyl halides is 3. The number of hydrogen-bond acceptors (Lipinski definition) is 6. The first-order valence-corrected chi connectivity index (χ1v) is 15.8. The van der Waals surface area contributed by atoms with E-state index in [0.717, 1.165) is 25.0 Å². The van der Waals surface area contributed by atoms with Gasteiger partial charge in [-0.15, -0.1) is 13.2 Å². The predicted molar refractivity (Wildman–Crippen MR) is 164 cm³/mol. The van der Waals surface area contributed by atoms with Crippen molar-refractivity contribution in [3.05, 3.63) is 87.2 Å². The Balaban J connectivity index is 1.39. The second-order valence-electron chi connectivity index (χ2n) is 12.1. The number of halogens is 6. The molecule has 1 saturated carbocycles. The summed E-state index contributed by atoms with van der Waals surface area (Å²) in [6, 6.07) is 12.1. The largest absolute Gasteiger partial charge is 0.573 e. The van der Waals surface area contributed by atoms with Gasteiger partial charge in [0.2, 0.25) is 11.8 Å². The van der Waals surface area contributed by atoms with Gasteiger partial charge in [0.1, 0.15) is 22.7 Å². The molecule has 4 atom stereocenters. The molecule has 8 nitrogen and oxygen atoms in total. The van der Waals surface area contributed by atoms with Crippen molar-refractivity contribution in [2.24, 2.45) is 11.8 Å². The second-order valence-corrected chi connectivity index (χ2v) is 13.0. The van der Waals surface area contributed by atoms with Crippen LogP contribution in [0.1, 0.15) is 47.2 Å². The Kier molecular flexibility index (Phi) is 7.68. The van der Waals surface area contributed by atoms with E-state index in [9.17, 15) is 27.6 Å². The lowest BCUT2D eigenvalue weighted by molar-refractivity contribution is -0.274. The zero-order valence-electron chi connectivity index (χ0n) is 24.7. The highest BCUT2D eigenvalue weighted by atomic mass is 35.5. The molecule has 14 heteroatoms. The molecule has 1 N–H and O–H groups in total. The Morgan fingerprint density at radius 3 is 2.55 bits per heavy atom. The number of esters is 1. The molecule has 0 bridgehead atoms. The third-order valence-electron chi connectivity index (χ3n) is 9.45. The van der Waals surface area contributed by atoms with Gasteiger partial charge >= 0.3 is 12.3 Å². The number of amides is 2. The van der Waals surface area contributed by atoms with Crippen molar-refractivity contribution in [1.82, 2.24) is 4.90 Å². The second kappa shape index (κ2) is 11.4. The maximum Gasteiger partial charge on any atom is 0.573 e. The molecule has 7 rings (SSSR count). The van der Waals surface area contributed by atoms with E-state index < -0.39 is 64.7 Å². The molecule has 1 aliphatic carbocycles. The van der Waals surface area contributed by atoms with Crippen LogP contribution in [-0.2, 0) is 19.9 Å². The number of nitrogens with one attached hydrogen (secondary N) is 1. The summed E-state index contributed by atoms with van der Waals surface area (Å²) in [6.07, 6.45) is -3.33. The monoisotopic (exact) mass is 691 g/mol. The van der Waals surface area contributed by atoms with E-state index in [1.165, 1.54) is 30.0 Å². The van der Waals surface area contributed by atoms with E-state index in [2.05, 4.69) is 10.1 Å². The zero-order valence-corrected chi connectivity index (χ0v) is 26.3. The van der Waals surface area contributed by atoms with Crippen LogP contribution in [0.25, 0.3) is 0 Å². The fourth-order valence-electron chi connectivity index (χ4n) is 7.51. The van der Waals surface area contributed by atoms with E-state index in [4.69, 9.17) is 27.9 Å². The van der Waals surface area contributed by atoms with Gasteiger partial charge in [-0.25, -0.2) is 9.18 Å².